The lowest BCUT2D eigenvalue weighted by Gasteiger charge is -2.38. The van der Waals surface area contributed by atoms with E-state index in [0.717, 1.165) is 0 Å². The van der Waals surface area contributed by atoms with Gasteiger partial charge in [0.05, 0.1) is 6.04 Å². The highest BCUT2D eigenvalue weighted by Crippen LogP contribution is 2.52. The van der Waals surface area contributed by atoms with Crippen LogP contribution in [0.4, 0.5) is 5.69 Å². The van der Waals surface area contributed by atoms with Crippen molar-refractivity contribution in [3.63, 3.8) is 0 Å². The van der Waals surface area contributed by atoms with E-state index >= 15 is 0 Å². The molecule has 1 aliphatic carbocycles. The summed E-state index contributed by atoms with van der Waals surface area (Å²) in [5, 5.41) is 6.10. The van der Waals surface area contributed by atoms with Gasteiger partial charge in [-0.05, 0) is 61.2 Å². The standard InChI is InChI=1S/C19H21NS/c1-11-9-13(3)17-16(10-11)14-5-4-6-15(14)18(20-17)19-12(2)7-8-21-19/h4-5,7-10,14-15,18,20H,6H2,1-3H3. The fourth-order valence-electron chi connectivity index (χ4n) is 4.04. The highest BCUT2D eigenvalue weighted by atomic mass is 32.1. The molecule has 4 rings (SSSR count). The van der Waals surface area contributed by atoms with Crippen LogP contribution in [0.1, 0.15) is 45.5 Å². The Labute approximate surface area is 130 Å². The number of anilines is 1. The summed E-state index contributed by atoms with van der Waals surface area (Å²) in [7, 11) is 0. The zero-order valence-electron chi connectivity index (χ0n) is 12.8. The molecule has 0 spiro atoms. The zero-order valence-corrected chi connectivity index (χ0v) is 13.6. The van der Waals surface area contributed by atoms with Gasteiger partial charge in [-0.15, -0.1) is 11.3 Å². The Morgan fingerprint density at radius 2 is 2.00 bits per heavy atom. The van der Waals surface area contributed by atoms with Gasteiger partial charge in [-0.2, -0.15) is 0 Å². The summed E-state index contributed by atoms with van der Waals surface area (Å²) in [6, 6.07) is 7.37. The number of hydrogen-bond acceptors (Lipinski definition) is 2. The molecule has 0 radical (unpaired) electrons. The van der Waals surface area contributed by atoms with Crippen molar-refractivity contribution in [2.24, 2.45) is 5.92 Å². The molecule has 108 valence electrons. The Bertz CT molecular complexity index is 725. The molecule has 2 aliphatic rings. The molecule has 3 unspecified atom stereocenters. The van der Waals surface area contributed by atoms with Gasteiger partial charge in [0.2, 0.25) is 0 Å². The van der Waals surface area contributed by atoms with Crippen LogP contribution < -0.4 is 5.32 Å². The number of aryl methyl sites for hydroxylation is 3. The summed E-state index contributed by atoms with van der Waals surface area (Å²) < 4.78 is 0. The largest absolute Gasteiger partial charge is 0.377 e. The minimum Gasteiger partial charge on any atom is -0.377 e. The van der Waals surface area contributed by atoms with Crippen molar-refractivity contribution in [1.29, 1.82) is 0 Å². The number of rotatable bonds is 1. The molecule has 0 saturated heterocycles. The van der Waals surface area contributed by atoms with Gasteiger partial charge in [0.1, 0.15) is 0 Å². The topological polar surface area (TPSA) is 12.0 Å². The lowest BCUT2D eigenvalue weighted by Crippen LogP contribution is -2.29. The lowest BCUT2D eigenvalue weighted by atomic mass is 9.77. The van der Waals surface area contributed by atoms with Crippen LogP contribution >= 0.6 is 11.3 Å². The minimum absolute atomic E-state index is 0.457. The van der Waals surface area contributed by atoms with E-state index in [1.165, 1.54) is 39.2 Å². The molecule has 1 aliphatic heterocycles. The molecule has 21 heavy (non-hydrogen) atoms. The molecule has 2 heteroatoms. The first-order valence-electron chi connectivity index (χ1n) is 7.73. The summed E-state index contributed by atoms with van der Waals surface area (Å²) in [5.41, 5.74) is 7.04. The van der Waals surface area contributed by atoms with Crippen molar-refractivity contribution in [3.8, 4) is 0 Å². The van der Waals surface area contributed by atoms with E-state index in [0.29, 0.717) is 17.9 Å². The quantitative estimate of drug-likeness (QED) is 0.685. The Balaban J connectivity index is 1.86. The van der Waals surface area contributed by atoms with E-state index in [1.807, 2.05) is 11.3 Å². The van der Waals surface area contributed by atoms with Gasteiger partial charge in [-0.25, -0.2) is 0 Å². The van der Waals surface area contributed by atoms with Gasteiger partial charge in [-0.3, -0.25) is 0 Å². The van der Waals surface area contributed by atoms with Crippen LogP contribution in [0.5, 0.6) is 0 Å². The second kappa shape index (κ2) is 4.74. The maximum atomic E-state index is 3.88. The average molecular weight is 295 g/mol. The Hall–Kier alpha value is -1.54. The fourth-order valence-corrected chi connectivity index (χ4v) is 5.09. The van der Waals surface area contributed by atoms with Crippen LogP contribution in [0.15, 0.2) is 35.7 Å². The molecule has 3 atom stereocenters. The van der Waals surface area contributed by atoms with E-state index in [9.17, 15) is 0 Å². The molecule has 2 aromatic rings. The van der Waals surface area contributed by atoms with Crippen LogP contribution in [-0.4, -0.2) is 0 Å². The van der Waals surface area contributed by atoms with Crippen LogP contribution in [0, 0.1) is 26.7 Å². The monoisotopic (exact) mass is 295 g/mol. The third kappa shape index (κ3) is 1.96. The van der Waals surface area contributed by atoms with Gasteiger partial charge >= 0.3 is 0 Å². The lowest BCUT2D eigenvalue weighted by molar-refractivity contribution is 0.428. The van der Waals surface area contributed by atoms with Crippen LogP contribution in [0.3, 0.4) is 0 Å². The molecule has 1 nitrogen and oxygen atoms in total. The normalized spacial score (nSPS) is 26.3. The number of allylic oxidation sites excluding steroid dienone is 2. The van der Waals surface area contributed by atoms with Crippen molar-refractivity contribution in [1.82, 2.24) is 0 Å². The number of benzene rings is 1. The number of thiophene rings is 1. The molecular formula is C19H21NS. The van der Waals surface area contributed by atoms with Gasteiger partial charge in [0, 0.05) is 16.5 Å². The molecule has 2 heterocycles. The first-order chi connectivity index (χ1) is 10.1. The number of fused-ring (bicyclic) bond motifs is 3. The molecule has 0 fully saturated rings. The Morgan fingerprint density at radius 3 is 2.76 bits per heavy atom. The van der Waals surface area contributed by atoms with Crippen LogP contribution in [-0.2, 0) is 0 Å². The van der Waals surface area contributed by atoms with Crippen molar-refractivity contribution in [2.45, 2.75) is 39.2 Å². The molecule has 1 N–H and O–H groups in total. The number of hydrogen-bond donors (Lipinski definition) is 1. The summed E-state index contributed by atoms with van der Waals surface area (Å²) in [4.78, 5) is 1.51. The second-order valence-corrected chi connectivity index (χ2v) is 7.44. The maximum Gasteiger partial charge on any atom is 0.0649 e. The molecule has 0 bridgehead atoms. The predicted molar refractivity (Wildman–Crippen MR) is 91.3 cm³/mol. The van der Waals surface area contributed by atoms with Crippen molar-refractivity contribution in [2.75, 3.05) is 5.32 Å². The summed E-state index contributed by atoms with van der Waals surface area (Å²) in [6.07, 6.45) is 5.99. The molecule has 1 aromatic carbocycles. The number of nitrogens with one attached hydrogen (secondary N) is 1. The van der Waals surface area contributed by atoms with Gasteiger partial charge in [0.15, 0.2) is 0 Å². The Morgan fingerprint density at radius 1 is 1.14 bits per heavy atom. The van der Waals surface area contributed by atoms with E-state index in [2.05, 4.69) is 61.8 Å². The van der Waals surface area contributed by atoms with Crippen molar-refractivity contribution < 1.29 is 0 Å². The first-order valence-corrected chi connectivity index (χ1v) is 8.61. The molecule has 1 aromatic heterocycles. The van der Waals surface area contributed by atoms with Gasteiger partial charge < -0.3 is 5.32 Å². The fraction of sp³-hybridized carbons (Fsp3) is 0.368. The van der Waals surface area contributed by atoms with Crippen molar-refractivity contribution in [3.05, 3.63) is 62.9 Å². The van der Waals surface area contributed by atoms with E-state index < -0.39 is 0 Å². The van der Waals surface area contributed by atoms with Crippen LogP contribution in [0.2, 0.25) is 0 Å². The summed E-state index contributed by atoms with van der Waals surface area (Å²) >= 11 is 1.90. The molecule has 0 amide bonds. The highest BCUT2D eigenvalue weighted by Gasteiger charge is 2.39. The van der Waals surface area contributed by atoms with Crippen LogP contribution in [0.25, 0.3) is 0 Å². The smallest absolute Gasteiger partial charge is 0.0649 e. The minimum atomic E-state index is 0.457. The molecular weight excluding hydrogens is 274 g/mol. The third-order valence-corrected chi connectivity index (χ3v) is 6.10. The average Bonchev–Trinajstić information content (AvgIpc) is 3.07. The first kappa shape index (κ1) is 13.1. The Kier molecular flexibility index (Phi) is 2.97. The second-order valence-electron chi connectivity index (χ2n) is 6.49. The molecule has 0 saturated carbocycles. The maximum absolute atomic E-state index is 3.88. The third-order valence-electron chi connectivity index (χ3n) is 4.99. The summed E-state index contributed by atoms with van der Waals surface area (Å²) in [5.74, 6) is 1.24. The summed E-state index contributed by atoms with van der Waals surface area (Å²) in [6.45, 7) is 6.68. The van der Waals surface area contributed by atoms with E-state index in [4.69, 9.17) is 0 Å². The zero-order chi connectivity index (χ0) is 14.6. The predicted octanol–water partition coefficient (Wildman–Crippen LogP) is 5.50. The highest BCUT2D eigenvalue weighted by molar-refractivity contribution is 7.10. The van der Waals surface area contributed by atoms with Crippen molar-refractivity contribution >= 4 is 17.0 Å². The van der Waals surface area contributed by atoms with Gasteiger partial charge in [0.25, 0.3) is 0 Å². The van der Waals surface area contributed by atoms with E-state index in [-0.39, 0.29) is 0 Å². The van der Waals surface area contributed by atoms with E-state index in [1.54, 1.807) is 0 Å². The SMILES string of the molecule is Cc1cc(C)c2c(c1)C1C=CCC1C(c1sccc1C)N2. The van der Waals surface area contributed by atoms with Gasteiger partial charge in [-0.1, -0.05) is 29.8 Å².